The van der Waals surface area contributed by atoms with Gasteiger partial charge in [-0.3, -0.25) is 4.79 Å². The van der Waals surface area contributed by atoms with E-state index >= 15 is 0 Å². The molecule has 0 aliphatic rings. The Kier molecular flexibility index (Phi) is 2.47. The van der Waals surface area contributed by atoms with Gasteiger partial charge in [-0.05, 0) is 22.0 Å². The van der Waals surface area contributed by atoms with Crippen LogP contribution >= 0.6 is 27.3 Å². The van der Waals surface area contributed by atoms with Crippen molar-refractivity contribution in [1.29, 1.82) is 0 Å². The highest BCUT2D eigenvalue weighted by molar-refractivity contribution is 9.11. The van der Waals surface area contributed by atoms with Crippen LogP contribution in [0.3, 0.4) is 0 Å². The van der Waals surface area contributed by atoms with Gasteiger partial charge in [-0.15, -0.1) is 11.3 Å². The van der Waals surface area contributed by atoms with Gasteiger partial charge < -0.3 is 0 Å². The first kappa shape index (κ1) is 9.54. The molecule has 0 amide bonds. The average molecular weight is 272 g/mol. The molecule has 2 heterocycles. The summed E-state index contributed by atoms with van der Waals surface area (Å²) in [4.78, 5) is 13.1. The highest BCUT2D eigenvalue weighted by Crippen LogP contribution is 2.22. The fraction of sp³-hybridized carbons (Fsp3) is 0.125. The minimum Gasteiger partial charge on any atom is -0.287 e. The lowest BCUT2D eigenvalue weighted by Gasteiger charge is -1.89. The molecule has 72 valence electrons. The Labute approximate surface area is 92.7 Å². The van der Waals surface area contributed by atoms with Gasteiger partial charge in [0.15, 0.2) is 5.69 Å². The summed E-state index contributed by atoms with van der Waals surface area (Å²) >= 11 is 4.78. The topological polar surface area (TPSA) is 47.8 Å². The van der Waals surface area contributed by atoms with E-state index < -0.39 is 0 Å². The summed E-state index contributed by atoms with van der Waals surface area (Å²) in [5, 5.41) is 9.58. The van der Waals surface area contributed by atoms with Crippen LogP contribution in [0.5, 0.6) is 0 Å². The zero-order chi connectivity index (χ0) is 10.1. The first-order valence-electron chi connectivity index (χ1n) is 3.82. The second-order valence-corrected chi connectivity index (χ2v) is 4.98. The molecule has 0 aliphatic heterocycles. The molecular formula is C8H6BrN3OS. The molecule has 4 nitrogen and oxygen atoms in total. The van der Waals surface area contributed by atoms with E-state index in [4.69, 9.17) is 0 Å². The monoisotopic (exact) mass is 271 g/mol. The standard InChI is InChI=1S/C8H6BrN3OS/c1-12-10-3-6(11-12)8(13)5-2-7(9)14-4-5/h2-4H,1H3. The second-order valence-electron chi connectivity index (χ2n) is 2.69. The van der Waals surface area contributed by atoms with Crippen LogP contribution in [0.2, 0.25) is 0 Å². The van der Waals surface area contributed by atoms with Gasteiger partial charge in [0.2, 0.25) is 5.78 Å². The van der Waals surface area contributed by atoms with Crippen LogP contribution in [0.25, 0.3) is 0 Å². The van der Waals surface area contributed by atoms with Crippen molar-refractivity contribution in [3.63, 3.8) is 0 Å². The highest BCUT2D eigenvalue weighted by Gasteiger charge is 2.13. The Morgan fingerprint density at radius 3 is 2.93 bits per heavy atom. The molecule has 0 N–H and O–H groups in total. The third-order valence-electron chi connectivity index (χ3n) is 1.66. The van der Waals surface area contributed by atoms with Crippen LogP contribution in [0.4, 0.5) is 0 Å². The number of ketones is 1. The van der Waals surface area contributed by atoms with Gasteiger partial charge in [0.1, 0.15) is 0 Å². The van der Waals surface area contributed by atoms with E-state index in [0.29, 0.717) is 11.3 Å². The number of carbonyl (C=O) groups is 1. The van der Waals surface area contributed by atoms with Crippen molar-refractivity contribution in [2.45, 2.75) is 0 Å². The maximum Gasteiger partial charge on any atom is 0.215 e. The summed E-state index contributed by atoms with van der Waals surface area (Å²) in [6, 6.07) is 1.78. The lowest BCUT2D eigenvalue weighted by molar-refractivity contribution is 0.103. The van der Waals surface area contributed by atoms with E-state index in [1.54, 1.807) is 18.5 Å². The fourth-order valence-corrected chi connectivity index (χ4v) is 2.16. The molecule has 0 aliphatic carbocycles. The number of aromatic nitrogens is 3. The summed E-state index contributed by atoms with van der Waals surface area (Å²) in [7, 11) is 1.68. The third-order valence-corrected chi connectivity index (χ3v) is 3.17. The van der Waals surface area contributed by atoms with Crippen molar-refractivity contribution < 1.29 is 4.79 Å². The van der Waals surface area contributed by atoms with Crippen LogP contribution in [0.15, 0.2) is 21.4 Å². The van der Waals surface area contributed by atoms with Crippen molar-refractivity contribution in [2.75, 3.05) is 0 Å². The Bertz CT molecular complexity index is 434. The van der Waals surface area contributed by atoms with Gasteiger partial charge in [-0.2, -0.15) is 15.0 Å². The number of carbonyl (C=O) groups excluding carboxylic acids is 1. The van der Waals surface area contributed by atoms with Crippen LogP contribution in [0, 0.1) is 0 Å². The van der Waals surface area contributed by atoms with Gasteiger partial charge in [0.05, 0.1) is 9.98 Å². The van der Waals surface area contributed by atoms with Gasteiger partial charge in [-0.1, -0.05) is 0 Å². The molecular weight excluding hydrogens is 266 g/mol. The van der Waals surface area contributed by atoms with Gasteiger partial charge in [0.25, 0.3) is 0 Å². The number of hydrogen-bond donors (Lipinski definition) is 0. The summed E-state index contributed by atoms with van der Waals surface area (Å²) in [6.07, 6.45) is 1.47. The normalized spacial score (nSPS) is 10.4. The van der Waals surface area contributed by atoms with Crippen LogP contribution in [-0.4, -0.2) is 20.8 Å². The van der Waals surface area contributed by atoms with Gasteiger partial charge in [0, 0.05) is 18.0 Å². The quantitative estimate of drug-likeness (QED) is 0.784. The number of aryl methyl sites for hydroxylation is 1. The van der Waals surface area contributed by atoms with E-state index in [1.165, 1.54) is 22.3 Å². The molecule has 0 fully saturated rings. The predicted molar refractivity (Wildman–Crippen MR) is 56.5 cm³/mol. The maximum absolute atomic E-state index is 11.7. The molecule has 0 aromatic carbocycles. The van der Waals surface area contributed by atoms with Crippen molar-refractivity contribution in [3.05, 3.63) is 32.7 Å². The molecule has 0 saturated carbocycles. The molecule has 0 saturated heterocycles. The lowest BCUT2D eigenvalue weighted by atomic mass is 10.2. The SMILES string of the molecule is Cn1ncc(C(=O)c2csc(Br)c2)n1. The average Bonchev–Trinajstić information content (AvgIpc) is 2.73. The molecule has 0 bridgehead atoms. The van der Waals surface area contributed by atoms with E-state index in [9.17, 15) is 4.79 Å². The van der Waals surface area contributed by atoms with Crippen molar-refractivity contribution in [2.24, 2.45) is 7.05 Å². The molecule has 14 heavy (non-hydrogen) atoms. The first-order valence-corrected chi connectivity index (χ1v) is 5.49. The Morgan fingerprint density at radius 1 is 1.64 bits per heavy atom. The number of nitrogens with zero attached hydrogens (tertiary/aromatic N) is 3. The number of halogens is 1. The lowest BCUT2D eigenvalue weighted by Crippen LogP contribution is -2.01. The molecule has 6 heteroatoms. The van der Waals surface area contributed by atoms with Crippen LogP contribution in [-0.2, 0) is 7.05 Å². The molecule has 2 rings (SSSR count). The van der Waals surface area contributed by atoms with Crippen LogP contribution < -0.4 is 0 Å². The minimum atomic E-state index is -0.0972. The Hall–Kier alpha value is -1.01. The van der Waals surface area contributed by atoms with E-state index in [1.807, 2.05) is 0 Å². The number of rotatable bonds is 2. The predicted octanol–water partition coefficient (Wildman–Crippen LogP) is 1.87. The summed E-state index contributed by atoms with van der Waals surface area (Å²) in [5.41, 5.74) is 1.01. The summed E-state index contributed by atoms with van der Waals surface area (Å²) in [5.74, 6) is -0.0972. The molecule has 0 spiro atoms. The molecule has 0 unspecified atom stereocenters. The van der Waals surface area contributed by atoms with E-state index in [-0.39, 0.29) is 5.78 Å². The summed E-state index contributed by atoms with van der Waals surface area (Å²) in [6.45, 7) is 0. The molecule has 2 aromatic rings. The Morgan fingerprint density at radius 2 is 2.43 bits per heavy atom. The zero-order valence-electron chi connectivity index (χ0n) is 7.27. The molecule has 0 radical (unpaired) electrons. The molecule has 2 aromatic heterocycles. The highest BCUT2D eigenvalue weighted by atomic mass is 79.9. The first-order chi connectivity index (χ1) is 6.66. The zero-order valence-corrected chi connectivity index (χ0v) is 9.67. The van der Waals surface area contributed by atoms with Gasteiger partial charge >= 0.3 is 0 Å². The summed E-state index contributed by atoms with van der Waals surface area (Å²) < 4.78 is 0.935. The molecule has 0 atom stereocenters. The largest absolute Gasteiger partial charge is 0.287 e. The van der Waals surface area contributed by atoms with Gasteiger partial charge in [-0.25, -0.2) is 0 Å². The maximum atomic E-state index is 11.7. The van der Waals surface area contributed by atoms with Crippen LogP contribution in [0.1, 0.15) is 16.1 Å². The van der Waals surface area contributed by atoms with Crippen molar-refractivity contribution in [1.82, 2.24) is 15.0 Å². The second kappa shape index (κ2) is 3.62. The number of hydrogen-bond acceptors (Lipinski definition) is 4. The van der Waals surface area contributed by atoms with Crippen molar-refractivity contribution >= 4 is 33.0 Å². The van der Waals surface area contributed by atoms with E-state index in [2.05, 4.69) is 26.1 Å². The smallest absolute Gasteiger partial charge is 0.215 e. The fourth-order valence-electron chi connectivity index (χ4n) is 1.03. The number of thiophene rings is 1. The minimum absolute atomic E-state index is 0.0972. The Balaban J connectivity index is 2.33. The van der Waals surface area contributed by atoms with Crippen molar-refractivity contribution in [3.8, 4) is 0 Å². The third kappa shape index (κ3) is 1.76. The van der Waals surface area contributed by atoms with E-state index in [0.717, 1.165) is 3.79 Å².